The number of methoxy groups -OCH3 is 1. The molecule has 2 N–H and O–H groups in total. The second-order valence-electron chi connectivity index (χ2n) is 6.27. The van der Waals surface area contributed by atoms with E-state index in [1.165, 1.54) is 7.11 Å². The summed E-state index contributed by atoms with van der Waals surface area (Å²) < 4.78 is 5.86. The molecule has 0 saturated carbocycles. The van der Waals surface area contributed by atoms with Gasteiger partial charge >= 0.3 is 5.97 Å². The van der Waals surface area contributed by atoms with Crippen molar-refractivity contribution in [2.24, 2.45) is 5.92 Å². The van der Waals surface area contributed by atoms with Gasteiger partial charge in [-0.3, -0.25) is 4.79 Å². The van der Waals surface area contributed by atoms with Crippen molar-refractivity contribution in [3.8, 4) is 0 Å². The lowest BCUT2D eigenvalue weighted by Gasteiger charge is -2.21. The third kappa shape index (κ3) is 4.12. The third-order valence-electron chi connectivity index (χ3n) is 4.60. The molecule has 1 aliphatic rings. The Labute approximate surface area is 154 Å². The smallest absolute Gasteiger partial charge is 0.328 e. The predicted octanol–water partition coefficient (Wildman–Crippen LogP) is 3.49. The van der Waals surface area contributed by atoms with Crippen molar-refractivity contribution in [3.63, 3.8) is 0 Å². The average molecular weight is 405 g/mol. The van der Waals surface area contributed by atoms with Crippen molar-refractivity contribution < 1.29 is 14.3 Å². The van der Waals surface area contributed by atoms with Gasteiger partial charge in [-0.25, -0.2) is 4.79 Å². The third-order valence-corrected chi connectivity index (χ3v) is 5.09. The quantitative estimate of drug-likeness (QED) is 0.591. The van der Waals surface area contributed by atoms with E-state index in [9.17, 15) is 9.59 Å². The average Bonchev–Trinajstić information content (AvgIpc) is 3.03. The molecule has 2 atom stereocenters. The Morgan fingerprint density at radius 1 is 1.40 bits per heavy atom. The molecule has 0 unspecified atom stereocenters. The minimum Gasteiger partial charge on any atom is -0.467 e. The van der Waals surface area contributed by atoms with Gasteiger partial charge in [0, 0.05) is 33.9 Å². The van der Waals surface area contributed by atoms with E-state index in [1.807, 2.05) is 30.5 Å². The summed E-state index contributed by atoms with van der Waals surface area (Å²) in [7, 11) is 1.34. The summed E-state index contributed by atoms with van der Waals surface area (Å²) in [5, 5.41) is 3.91. The number of allylic oxidation sites excluding steroid dienone is 2. The molecule has 3 rings (SSSR count). The number of hydrogen-bond acceptors (Lipinski definition) is 3. The second kappa shape index (κ2) is 7.87. The van der Waals surface area contributed by atoms with Crippen LogP contribution in [-0.2, 0) is 20.7 Å². The van der Waals surface area contributed by atoms with Gasteiger partial charge in [0.15, 0.2) is 0 Å². The second-order valence-corrected chi connectivity index (χ2v) is 7.19. The van der Waals surface area contributed by atoms with Gasteiger partial charge in [-0.2, -0.15) is 0 Å². The van der Waals surface area contributed by atoms with Gasteiger partial charge < -0.3 is 15.0 Å². The molecule has 2 aromatic rings. The van der Waals surface area contributed by atoms with Crippen LogP contribution in [0.5, 0.6) is 0 Å². The number of halogens is 1. The molecule has 1 aromatic carbocycles. The summed E-state index contributed by atoms with van der Waals surface area (Å²) in [4.78, 5) is 27.9. The van der Waals surface area contributed by atoms with Crippen LogP contribution in [0, 0.1) is 5.92 Å². The monoisotopic (exact) mass is 404 g/mol. The number of esters is 1. The first-order valence-corrected chi connectivity index (χ1v) is 9.16. The summed E-state index contributed by atoms with van der Waals surface area (Å²) in [6, 6.07) is 5.24. The highest BCUT2D eigenvalue weighted by Crippen LogP contribution is 2.24. The van der Waals surface area contributed by atoms with Crippen LogP contribution in [0.15, 0.2) is 41.0 Å². The van der Waals surface area contributed by atoms with E-state index >= 15 is 0 Å². The fraction of sp³-hybridized carbons (Fsp3) is 0.368. The van der Waals surface area contributed by atoms with Gasteiger partial charge in [-0.05, 0) is 43.0 Å². The van der Waals surface area contributed by atoms with Gasteiger partial charge in [-0.1, -0.05) is 28.1 Å². The maximum Gasteiger partial charge on any atom is 0.328 e. The van der Waals surface area contributed by atoms with Crippen LogP contribution in [0.2, 0.25) is 0 Å². The van der Waals surface area contributed by atoms with E-state index in [-0.39, 0.29) is 11.8 Å². The highest BCUT2D eigenvalue weighted by atomic mass is 79.9. The molecule has 1 aliphatic carbocycles. The zero-order valence-electron chi connectivity index (χ0n) is 14.0. The maximum absolute atomic E-state index is 12.5. The van der Waals surface area contributed by atoms with Crippen molar-refractivity contribution in [2.45, 2.75) is 31.7 Å². The minimum atomic E-state index is -0.693. The lowest BCUT2D eigenvalue weighted by atomic mass is 9.93. The van der Waals surface area contributed by atoms with E-state index in [0.717, 1.165) is 40.2 Å². The first-order chi connectivity index (χ1) is 12.1. The number of aromatic amines is 1. The van der Waals surface area contributed by atoms with Crippen LogP contribution < -0.4 is 5.32 Å². The molecule has 25 heavy (non-hydrogen) atoms. The van der Waals surface area contributed by atoms with Crippen LogP contribution >= 0.6 is 15.9 Å². The number of benzene rings is 1. The molecule has 1 aromatic heterocycles. The number of fused-ring (bicyclic) bond motifs is 1. The Morgan fingerprint density at radius 3 is 2.96 bits per heavy atom. The molecule has 0 spiro atoms. The standard InChI is InChI=1S/C19H21BrN2O3/c1-25-19(24)17(22-18(23)12-5-3-2-4-6-12)9-13-11-21-16-8-7-14(20)10-15(13)16/h2-3,7-8,10-12,17,21H,4-6,9H2,1H3,(H,22,23)/t12-,17+/m1/s1. The first-order valence-electron chi connectivity index (χ1n) is 8.37. The number of rotatable bonds is 5. The summed E-state index contributed by atoms with van der Waals surface area (Å²) >= 11 is 3.47. The fourth-order valence-corrected chi connectivity index (χ4v) is 3.56. The summed E-state index contributed by atoms with van der Waals surface area (Å²) in [5.41, 5.74) is 1.96. The summed E-state index contributed by atoms with van der Waals surface area (Å²) in [6.07, 6.45) is 8.82. The number of hydrogen-bond donors (Lipinski definition) is 2. The van der Waals surface area contributed by atoms with Gasteiger partial charge in [0.25, 0.3) is 0 Å². The number of carbonyl (C=O) groups is 2. The molecule has 0 radical (unpaired) electrons. The van der Waals surface area contributed by atoms with E-state index in [4.69, 9.17) is 4.74 Å². The summed E-state index contributed by atoms with van der Waals surface area (Å²) in [6.45, 7) is 0. The van der Waals surface area contributed by atoms with Crippen LogP contribution in [-0.4, -0.2) is 30.0 Å². The lowest BCUT2D eigenvalue weighted by molar-refractivity contribution is -0.145. The van der Waals surface area contributed by atoms with Crippen LogP contribution in [0.1, 0.15) is 24.8 Å². The molecule has 5 nitrogen and oxygen atoms in total. The number of amides is 1. The minimum absolute atomic E-state index is 0.0748. The van der Waals surface area contributed by atoms with Crippen molar-refractivity contribution in [1.82, 2.24) is 10.3 Å². The molecule has 0 bridgehead atoms. The van der Waals surface area contributed by atoms with Gasteiger partial charge in [-0.15, -0.1) is 0 Å². The molecule has 1 heterocycles. The Kier molecular flexibility index (Phi) is 5.58. The Balaban J connectivity index is 1.78. The lowest BCUT2D eigenvalue weighted by Crippen LogP contribution is -2.45. The van der Waals surface area contributed by atoms with Crippen LogP contribution in [0.4, 0.5) is 0 Å². The largest absolute Gasteiger partial charge is 0.467 e. The van der Waals surface area contributed by atoms with Crippen LogP contribution in [0.3, 0.4) is 0 Å². The highest BCUT2D eigenvalue weighted by Gasteiger charge is 2.27. The zero-order valence-corrected chi connectivity index (χ0v) is 15.6. The van der Waals surface area contributed by atoms with E-state index in [0.29, 0.717) is 6.42 Å². The predicted molar refractivity (Wildman–Crippen MR) is 100 cm³/mol. The zero-order chi connectivity index (χ0) is 17.8. The van der Waals surface area contributed by atoms with Crippen molar-refractivity contribution in [3.05, 3.63) is 46.6 Å². The molecule has 0 fully saturated rings. The maximum atomic E-state index is 12.5. The highest BCUT2D eigenvalue weighted by molar-refractivity contribution is 9.10. The SMILES string of the molecule is COC(=O)[C@H](Cc1c[nH]c2ccc(Br)cc12)NC(=O)[C@@H]1CC=CCC1. The number of ether oxygens (including phenoxy) is 1. The molecule has 6 heteroatoms. The topological polar surface area (TPSA) is 71.2 Å². The molecular formula is C19H21BrN2O3. The molecular weight excluding hydrogens is 384 g/mol. The number of aromatic nitrogens is 1. The first kappa shape index (κ1) is 17.7. The Hall–Kier alpha value is -2.08. The van der Waals surface area contributed by atoms with Gasteiger partial charge in [0.05, 0.1) is 7.11 Å². The normalized spacial score (nSPS) is 18.1. The Bertz CT molecular complexity index is 812. The molecule has 132 valence electrons. The number of H-pyrrole nitrogens is 1. The van der Waals surface area contributed by atoms with Crippen LogP contribution in [0.25, 0.3) is 10.9 Å². The summed E-state index contributed by atoms with van der Waals surface area (Å²) in [5.74, 6) is -0.584. The van der Waals surface area contributed by atoms with Crippen molar-refractivity contribution in [1.29, 1.82) is 0 Å². The molecule has 1 amide bonds. The van der Waals surface area contributed by atoms with Crippen molar-refractivity contribution >= 4 is 38.7 Å². The molecule has 0 aliphatic heterocycles. The number of nitrogens with one attached hydrogen (secondary N) is 2. The van der Waals surface area contributed by atoms with Crippen molar-refractivity contribution in [2.75, 3.05) is 7.11 Å². The Morgan fingerprint density at radius 2 is 2.24 bits per heavy atom. The van der Waals surface area contributed by atoms with Gasteiger partial charge in [0.1, 0.15) is 6.04 Å². The van der Waals surface area contributed by atoms with E-state index in [1.54, 1.807) is 0 Å². The van der Waals surface area contributed by atoms with Gasteiger partial charge in [0.2, 0.25) is 5.91 Å². The fourth-order valence-electron chi connectivity index (χ4n) is 3.20. The van der Waals surface area contributed by atoms with E-state index < -0.39 is 12.0 Å². The number of carbonyl (C=O) groups excluding carboxylic acids is 2. The molecule has 0 saturated heterocycles. The van der Waals surface area contributed by atoms with E-state index in [2.05, 4.69) is 32.3 Å².